The summed E-state index contributed by atoms with van der Waals surface area (Å²) in [6.07, 6.45) is 1.42. The standard InChI is InChI=1S/C26H24N4O5/c31-24(29-9-10-30-23(29)21(13-28-30)25(32)33)20-11-15(20)12-27-26(34)35-14-22-18-7-3-1-5-16(18)17-6-2-4-8-19(17)22/h1-8,13,15,20,22H,9-12,14H2,(H,27,34)(H,32,33)/t15-,20-/m1/s1. The number of alkyl carbamates (subject to hydrolysis) is 1. The number of anilines is 1. The number of hydrogen-bond acceptors (Lipinski definition) is 5. The van der Waals surface area contributed by atoms with E-state index in [1.807, 2.05) is 24.3 Å². The molecular weight excluding hydrogens is 448 g/mol. The van der Waals surface area contributed by atoms with Gasteiger partial charge in [0.25, 0.3) is 0 Å². The van der Waals surface area contributed by atoms with Crippen LogP contribution in [0.5, 0.6) is 0 Å². The maximum absolute atomic E-state index is 13.0. The van der Waals surface area contributed by atoms with Crippen LogP contribution < -0.4 is 10.2 Å². The van der Waals surface area contributed by atoms with Crippen LogP contribution in [0.25, 0.3) is 11.1 Å². The Morgan fingerprint density at radius 2 is 1.71 bits per heavy atom. The molecule has 2 aromatic carbocycles. The number of ether oxygens (including phenoxy) is 1. The first-order chi connectivity index (χ1) is 17.0. The second-order valence-corrected chi connectivity index (χ2v) is 9.21. The summed E-state index contributed by atoms with van der Waals surface area (Å²) >= 11 is 0. The molecule has 9 heteroatoms. The zero-order valence-electron chi connectivity index (χ0n) is 18.9. The number of carboxylic acids is 1. The minimum atomic E-state index is -1.10. The van der Waals surface area contributed by atoms with Gasteiger partial charge in [0.1, 0.15) is 18.0 Å². The van der Waals surface area contributed by atoms with Gasteiger partial charge in [-0.2, -0.15) is 5.10 Å². The van der Waals surface area contributed by atoms with Crippen molar-refractivity contribution >= 4 is 23.8 Å². The fraction of sp³-hybridized carbons (Fsp3) is 0.308. The highest BCUT2D eigenvalue weighted by molar-refractivity contribution is 6.03. The van der Waals surface area contributed by atoms with E-state index >= 15 is 0 Å². The highest BCUT2D eigenvalue weighted by atomic mass is 16.5. The molecule has 3 aliphatic rings. The lowest BCUT2D eigenvalue weighted by Crippen LogP contribution is -2.33. The summed E-state index contributed by atoms with van der Waals surface area (Å²) < 4.78 is 7.12. The Balaban J connectivity index is 1.03. The lowest BCUT2D eigenvalue weighted by Gasteiger charge is -2.16. The zero-order valence-corrected chi connectivity index (χ0v) is 18.9. The highest BCUT2D eigenvalue weighted by Gasteiger charge is 2.47. The Hall–Kier alpha value is -4.14. The summed E-state index contributed by atoms with van der Waals surface area (Å²) in [6, 6.07) is 16.3. The van der Waals surface area contributed by atoms with Gasteiger partial charge in [-0.15, -0.1) is 0 Å². The quantitative estimate of drug-likeness (QED) is 0.570. The number of amides is 2. The van der Waals surface area contributed by atoms with E-state index in [0.717, 1.165) is 11.1 Å². The lowest BCUT2D eigenvalue weighted by atomic mass is 9.98. The monoisotopic (exact) mass is 472 g/mol. The van der Waals surface area contributed by atoms with Gasteiger partial charge in [0.15, 0.2) is 0 Å². The molecule has 1 saturated carbocycles. The molecule has 178 valence electrons. The third-order valence-electron chi connectivity index (χ3n) is 7.19. The highest BCUT2D eigenvalue weighted by Crippen LogP contribution is 2.45. The minimum Gasteiger partial charge on any atom is -0.477 e. The molecule has 0 spiro atoms. The average molecular weight is 473 g/mol. The molecule has 2 N–H and O–H groups in total. The SMILES string of the molecule is O=C(NC[C@H]1C[C@H]1C(=O)N1CCn2ncc(C(=O)O)c21)OCC1c2ccccc2-c2ccccc21. The van der Waals surface area contributed by atoms with E-state index < -0.39 is 12.1 Å². The molecule has 2 atom stereocenters. The van der Waals surface area contributed by atoms with Crippen molar-refractivity contribution in [2.24, 2.45) is 11.8 Å². The number of aromatic nitrogens is 2. The van der Waals surface area contributed by atoms with Crippen LogP contribution in [0.3, 0.4) is 0 Å². The molecular formula is C26H24N4O5. The topological polar surface area (TPSA) is 114 Å². The smallest absolute Gasteiger partial charge is 0.407 e. The van der Waals surface area contributed by atoms with Gasteiger partial charge in [0, 0.05) is 24.9 Å². The summed E-state index contributed by atoms with van der Waals surface area (Å²) in [5, 5.41) is 16.2. The van der Waals surface area contributed by atoms with E-state index in [-0.39, 0.29) is 35.8 Å². The molecule has 35 heavy (non-hydrogen) atoms. The van der Waals surface area contributed by atoms with E-state index in [1.54, 1.807) is 4.68 Å². The first-order valence-electron chi connectivity index (χ1n) is 11.7. The van der Waals surface area contributed by atoms with E-state index in [9.17, 15) is 19.5 Å². The van der Waals surface area contributed by atoms with Gasteiger partial charge in [-0.1, -0.05) is 48.5 Å². The number of hydrogen-bond donors (Lipinski definition) is 2. The fourth-order valence-electron chi connectivity index (χ4n) is 5.33. The van der Waals surface area contributed by atoms with Crippen molar-refractivity contribution in [1.29, 1.82) is 0 Å². The molecule has 1 aliphatic heterocycles. The third-order valence-corrected chi connectivity index (χ3v) is 7.19. The molecule has 2 aliphatic carbocycles. The van der Waals surface area contributed by atoms with Crippen LogP contribution in [0.4, 0.5) is 10.6 Å². The molecule has 0 radical (unpaired) electrons. The Morgan fingerprint density at radius 3 is 2.40 bits per heavy atom. The molecule has 0 saturated heterocycles. The molecule has 3 aromatic rings. The number of fused-ring (bicyclic) bond motifs is 4. The van der Waals surface area contributed by atoms with Crippen LogP contribution in [-0.2, 0) is 16.1 Å². The number of nitrogens with one attached hydrogen (secondary N) is 1. The van der Waals surface area contributed by atoms with Crippen molar-refractivity contribution in [1.82, 2.24) is 15.1 Å². The number of aromatic carboxylic acids is 1. The van der Waals surface area contributed by atoms with Crippen molar-refractivity contribution in [2.75, 3.05) is 24.6 Å². The van der Waals surface area contributed by atoms with Gasteiger partial charge in [0.05, 0.1) is 12.7 Å². The summed E-state index contributed by atoms with van der Waals surface area (Å²) in [5.74, 6) is -1.12. The van der Waals surface area contributed by atoms with Crippen LogP contribution >= 0.6 is 0 Å². The molecule has 1 fully saturated rings. The largest absolute Gasteiger partial charge is 0.477 e. The normalized spacial score (nSPS) is 19.6. The van der Waals surface area contributed by atoms with Crippen molar-refractivity contribution in [3.8, 4) is 11.1 Å². The van der Waals surface area contributed by atoms with Gasteiger partial charge in [-0.3, -0.25) is 9.69 Å². The van der Waals surface area contributed by atoms with Crippen LogP contribution in [-0.4, -0.2) is 52.6 Å². The van der Waals surface area contributed by atoms with E-state index in [1.165, 1.54) is 22.2 Å². The average Bonchev–Trinajstić information content (AvgIpc) is 3.18. The van der Waals surface area contributed by atoms with Crippen molar-refractivity contribution < 1.29 is 24.2 Å². The number of carbonyl (C=O) groups excluding carboxylic acids is 2. The van der Waals surface area contributed by atoms with Crippen molar-refractivity contribution in [3.05, 3.63) is 71.4 Å². The predicted octanol–water partition coefficient (Wildman–Crippen LogP) is 3.10. The number of carboxylic acid groups (broad SMARTS) is 1. The molecule has 0 unspecified atom stereocenters. The summed E-state index contributed by atoms with van der Waals surface area (Å²) in [5.41, 5.74) is 4.68. The predicted molar refractivity (Wildman–Crippen MR) is 126 cm³/mol. The molecule has 0 bridgehead atoms. The van der Waals surface area contributed by atoms with E-state index in [0.29, 0.717) is 31.9 Å². The molecule has 2 heterocycles. The molecule has 1 aromatic heterocycles. The van der Waals surface area contributed by atoms with Crippen LogP contribution in [0, 0.1) is 11.8 Å². The van der Waals surface area contributed by atoms with Crippen LogP contribution in [0.15, 0.2) is 54.7 Å². The fourth-order valence-corrected chi connectivity index (χ4v) is 5.33. The number of nitrogens with zero attached hydrogens (tertiary/aromatic N) is 3. The summed E-state index contributed by atoms with van der Waals surface area (Å²) in [7, 11) is 0. The Kier molecular flexibility index (Phi) is 5.05. The molecule has 9 nitrogen and oxygen atoms in total. The second-order valence-electron chi connectivity index (χ2n) is 9.21. The zero-order chi connectivity index (χ0) is 24.1. The maximum atomic E-state index is 13.0. The first-order valence-corrected chi connectivity index (χ1v) is 11.7. The van der Waals surface area contributed by atoms with E-state index in [4.69, 9.17) is 4.74 Å². The number of carbonyl (C=O) groups is 3. The van der Waals surface area contributed by atoms with Gasteiger partial charge in [-0.05, 0) is 34.6 Å². The van der Waals surface area contributed by atoms with Gasteiger partial charge >= 0.3 is 12.1 Å². The summed E-state index contributed by atoms with van der Waals surface area (Å²) in [6.45, 7) is 1.46. The first kappa shape index (κ1) is 21.4. The van der Waals surface area contributed by atoms with Crippen LogP contribution in [0.1, 0.15) is 33.8 Å². The van der Waals surface area contributed by atoms with E-state index in [2.05, 4.69) is 34.7 Å². The van der Waals surface area contributed by atoms with Crippen molar-refractivity contribution in [2.45, 2.75) is 18.9 Å². The lowest BCUT2D eigenvalue weighted by molar-refractivity contribution is -0.120. The number of rotatable bonds is 6. The summed E-state index contributed by atoms with van der Waals surface area (Å²) in [4.78, 5) is 38.4. The Bertz CT molecular complexity index is 1300. The second kappa shape index (κ2) is 8.26. The van der Waals surface area contributed by atoms with Crippen LogP contribution in [0.2, 0.25) is 0 Å². The third kappa shape index (κ3) is 3.63. The Morgan fingerprint density at radius 1 is 1.03 bits per heavy atom. The van der Waals surface area contributed by atoms with Crippen molar-refractivity contribution in [3.63, 3.8) is 0 Å². The maximum Gasteiger partial charge on any atom is 0.407 e. The van der Waals surface area contributed by atoms with Gasteiger partial charge < -0.3 is 15.2 Å². The minimum absolute atomic E-state index is 0.00755. The number of benzene rings is 2. The molecule has 2 amide bonds. The van der Waals surface area contributed by atoms with Gasteiger partial charge in [0.2, 0.25) is 5.91 Å². The molecule has 6 rings (SSSR count). The Labute approximate surface area is 201 Å². The van der Waals surface area contributed by atoms with Gasteiger partial charge in [-0.25, -0.2) is 14.3 Å².